The highest BCUT2D eigenvalue weighted by Gasteiger charge is 2.54. The fourth-order valence-corrected chi connectivity index (χ4v) is 3.91. The van der Waals surface area contributed by atoms with E-state index in [-0.39, 0.29) is 19.0 Å². The minimum Gasteiger partial charge on any atom is -0.480 e. The Morgan fingerprint density at radius 3 is 2.54 bits per heavy atom. The molecule has 0 saturated carbocycles. The van der Waals surface area contributed by atoms with Crippen molar-refractivity contribution in [2.75, 3.05) is 13.6 Å². The van der Waals surface area contributed by atoms with Crippen LogP contribution in [-0.2, 0) is 16.1 Å². The summed E-state index contributed by atoms with van der Waals surface area (Å²) in [4.78, 5) is 47.5. The highest BCUT2D eigenvalue weighted by molar-refractivity contribution is 9.10. The molecule has 3 aliphatic rings. The van der Waals surface area contributed by atoms with E-state index in [2.05, 4.69) is 20.9 Å². The van der Waals surface area contributed by atoms with Gasteiger partial charge in [0.2, 0.25) is 5.96 Å². The fraction of sp³-hybridized carbons (Fsp3) is 0.333. The van der Waals surface area contributed by atoms with Crippen molar-refractivity contribution in [3.8, 4) is 0 Å². The molecule has 10 heteroatoms. The molecule has 3 heterocycles. The van der Waals surface area contributed by atoms with Crippen LogP contribution >= 0.6 is 15.9 Å². The van der Waals surface area contributed by atoms with E-state index in [0.29, 0.717) is 11.7 Å². The fourth-order valence-electron chi connectivity index (χ4n) is 3.65. The van der Waals surface area contributed by atoms with E-state index < -0.39 is 24.2 Å². The molecule has 1 aromatic rings. The number of allylic oxidation sites excluding steroid dienone is 1. The SMILES string of the molecule is CC1=CN2C(=NC3C2C(=O)N(Cc2ccc(Br)cc2)C(=O)N3C)N1CC(=O)O. The van der Waals surface area contributed by atoms with Crippen LogP contribution in [0, 0.1) is 0 Å². The monoisotopic (exact) mass is 447 g/mol. The highest BCUT2D eigenvalue weighted by Crippen LogP contribution is 2.34. The second-order valence-corrected chi connectivity index (χ2v) is 7.81. The van der Waals surface area contributed by atoms with E-state index in [0.717, 1.165) is 10.0 Å². The lowest BCUT2D eigenvalue weighted by Crippen LogP contribution is -2.63. The summed E-state index contributed by atoms with van der Waals surface area (Å²) < 4.78 is 0.912. The van der Waals surface area contributed by atoms with E-state index in [9.17, 15) is 14.4 Å². The number of fused-ring (bicyclic) bond motifs is 3. The number of benzene rings is 1. The Kier molecular flexibility index (Phi) is 4.37. The third-order valence-corrected chi connectivity index (χ3v) is 5.58. The average molecular weight is 448 g/mol. The number of aliphatic imine (C=N–C) groups is 1. The molecule has 146 valence electrons. The number of hydrogen-bond acceptors (Lipinski definition) is 6. The van der Waals surface area contributed by atoms with Gasteiger partial charge in [0.1, 0.15) is 6.54 Å². The summed E-state index contributed by atoms with van der Waals surface area (Å²) >= 11 is 3.37. The zero-order chi connectivity index (χ0) is 20.2. The number of halogens is 1. The van der Waals surface area contributed by atoms with Gasteiger partial charge in [-0.1, -0.05) is 28.1 Å². The first kappa shape index (κ1) is 18.5. The molecule has 0 aliphatic carbocycles. The summed E-state index contributed by atoms with van der Waals surface area (Å²) in [6.07, 6.45) is 1.03. The summed E-state index contributed by atoms with van der Waals surface area (Å²) in [6, 6.07) is 6.28. The summed E-state index contributed by atoms with van der Waals surface area (Å²) in [7, 11) is 1.60. The van der Waals surface area contributed by atoms with Crippen molar-refractivity contribution in [1.82, 2.24) is 19.6 Å². The van der Waals surface area contributed by atoms with Gasteiger partial charge in [0.05, 0.1) is 6.54 Å². The molecule has 1 saturated heterocycles. The summed E-state index contributed by atoms with van der Waals surface area (Å²) in [5.41, 5.74) is 1.52. The Morgan fingerprint density at radius 1 is 1.21 bits per heavy atom. The van der Waals surface area contributed by atoms with Crippen LogP contribution in [0.15, 0.2) is 45.6 Å². The van der Waals surface area contributed by atoms with Gasteiger partial charge in [-0.25, -0.2) is 9.79 Å². The lowest BCUT2D eigenvalue weighted by Gasteiger charge is -2.40. The lowest BCUT2D eigenvalue weighted by atomic mass is 10.1. The summed E-state index contributed by atoms with van der Waals surface area (Å²) in [5, 5.41) is 9.16. The second kappa shape index (κ2) is 6.62. The van der Waals surface area contributed by atoms with E-state index in [1.807, 2.05) is 24.3 Å². The average Bonchev–Trinajstić information content (AvgIpc) is 3.15. The first-order chi connectivity index (χ1) is 13.3. The lowest BCUT2D eigenvalue weighted by molar-refractivity contribution is -0.137. The number of carboxylic acids is 1. The number of guanidine groups is 1. The number of carboxylic acid groups (broad SMARTS) is 1. The van der Waals surface area contributed by atoms with Crippen LogP contribution < -0.4 is 0 Å². The maximum atomic E-state index is 13.2. The number of nitrogens with zero attached hydrogens (tertiary/aromatic N) is 5. The third-order valence-electron chi connectivity index (χ3n) is 5.05. The number of hydrogen-bond donors (Lipinski definition) is 1. The third kappa shape index (κ3) is 2.84. The molecule has 1 fully saturated rings. The molecular formula is C18H18BrN5O4. The van der Waals surface area contributed by atoms with Crippen LogP contribution in [0.25, 0.3) is 0 Å². The molecule has 2 unspecified atom stereocenters. The molecule has 0 spiro atoms. The molecule has 1 aromatic carbocycles. The molecule has 9 nitrogen and oxygen atoms in total. The first-order valence-corrected chi connectivity index (χ1v) is 9.43. The maximum Gasteiger partial charge on any atom is 0.328 e. The zero-order valence-electron chi connectivity index (χ0n) is 15.2. The standard InChI is InChI=1S/C18H18BrN5O4/c1-10-7-23-14-15(20-17(23)22(10)9-13(25)26)21(2)18(28)24(16(14)27)8-11-3-5-12(19)6-4-11/h3-7,14-15H,8-9H2,1-2H3,(H,25,26). The minimum atomic E-state index is -1.00. The van der Waals surface area contributed by atoms with Gasteiger partial charge in [0.15, 0.2) is 12.2 Å². The predicted octanol–water partition coefficient (Wildman–Crippen LogP) is 1.47. The van der Waals surface area contributed by atoms with E-state index >= 15 is 0 Å². The van der Waals surface area contributed by atoms with Crippen molar-refractivity contribution < 1.29 is 19.5 Å². The molecule has 28 heavy (non-hydrogen) atoms. The van der Waals surface area contributed by atoms with Gasteiger partial charge in [-0.05, 0) is 24.6 Å². The molecule has 0 radical (unpaired) electrons. The van der Waals surface area contributed by atoms with Crippen molar-refractivity contribution >= 4 is 39.8 Å². The van der Waals surface area contributed by atoms with Crippen LogP contribution in [0.3, 0.4) is 0 Å². The maximum absolute atomic E-state index is 13.2. The van der Waals surface area contributed by atoms with Crippen LogP contribution in [0.1, 0.15) is 12.5 Å². The van der Waals surface area contributed by atoms with E-state index in [1.54, 1.807) is 25.1 Å². The molecule has 4 rings (SSSR count). The zero-order valence-corrected chi connectivity index (χ0v) is 16.8. The molecule has 1 N–H and O–H groups in total. The number of aliphatic carboxylic acids is 1. The van der Waals surface area contributed by atoms with Gasteiger partial charge >= 0.3 is 12.0 Å². The molecule has 0 aromatic heterocycles. The molecule has 3 aliphatic heterocycles. The number of carbonyl (C=O) groups excluding carboxylic acids is 2. The summed E-state index contributed by atoms with van der Waals surface area (Å²) in [5.74, 6) is -0.968. The Morgan fingerprint density at radius 2 is 1.89 bits per heavy atom. The predicted molar refractivity (Wildman–Crippen MR) is 103 cm³/mol. The van der Waals surface area contributed by atoms with E-state index in [4.69, 9.17) is 5.11 Å². The first-order valence-electron chi connectivity index (χ1n) is 8.64. The van der Waals surface area contributed by atoms with Crippen molar-refractivity contribution in [2.24, 2.45) is 4.99 Å². The Bertz CT molecular complexity index is 928. The molecular weight excluding hydrogens is 430 g/mol. The van der Waals surface area contributed by atoms with Gasteiger partial charge in [0.25, 0.3) is 5.91 Å². The van der Waals surface area contributed by atoms with Crippen molar-refractivity contribution in [2.45, 2.75) is 25.7 Å². The largest absolute Gasteiger partial charge is 0.480 e. The Hall–Kier alpha value is -2.88. The van der Waals surface area contributed by atoms with Gasteiger partial charge < -0.3 is 19.8 Å². The minimum absolute atomic E-state index is 0.156. The smallest absolute Gasteiger partial charge is 0.328 e. The Labute approximate surface area is 169 Å². The van der Waals surface area contributed by atoms with Crippen molar-refractivity contribution in [3.05, 3.63) is 46.2 Å². The van der Waals surface area contributed by atoms with Crippen LogP contribution in [0.2, 0.25) is 0 Å². The number of urea groups is 1. The Balaban J connectivity index is 1.63. The molecule has 0 bridgehead atoms. The second-order valence-electron chi connectivity index (χ2n) is 6.89. The molecule has 3 amide bonds. The summed E-state index contributed by atoms with van der Waals surface area (Å²) in [6.45, 7) is 1.66. The topological polar surface area (TPSA) is 96.8 Å². The van der Waals surface area contributed by atoms with Crippen molar-refractivity contribution in [3.63, 3.8) is 0 Å². The van der Waals surface area contributed by atoms with Crippen LogP contribution in [-0.4, -0.2) is 74.4 Å². The number of amides is 3. The van der Waals surface area contributed by atoms with Gasteiger partial charge in [-0.2, -0.15) is 0 Å². The number of rotatable bonds is 4. The number of imide groups is 1. The van der Waals surface area contributed by atoms with Crippen LogP contribution in [0.4, 0.5) is 4.79 Å². The number of likely N-dealkylation sites (N-methyl/N-ethyl adjacent to an activating group) is 1. The number of carbonyl (C=O) groups is 3. The molecule has 2 atom stereocenters. The van der Waals surface area contributed by atoms with Gasteiger partial charge in [-0.3, -0.25) is 14.5 Å². The van der Waals surface area contributed by atoms with Gasteiger partial charge in [-0.15, -0.1) is 0 Å². The normalized spacial score (nSPS) is 23.7. The van der Waals surface area contributed by atoms with Crippen molar-refractivity contribution in [1.29, 1.82) is 0 Å². The van der Waals surface area contributed by atoms with E-state index in [1.165, 1.54) is 14.7 Å². The van der Waals surface area contributed by atoms with Crippen LogP contribution in [0.5, 0.6) is 0 Å². The quantitative estimate of drug-likeness (QED) is 0.750. The van der Waals surface area contributed by atoms with Gasteiger partial charge in [0, 0.05) is 23.4 Å². The highest BCUT2D eigenvalue weighted by atomic mass is 79.9.